The molecule has 4 heteroatoms. The molecule has 0 spiro atoms. The lowest BCUT2D eigenvalue weighted by atomic mass is 10.2. The minimum absolute atomic E-state index is 0.284. The predicted molar refractivity (Wildman–Crippen MR) is 68.4 cm³/mol. The van der Waals surface area contributed by atoms with Crippen molar-refractivity contribution in [2.75, 3.05) is 12.8 Å². The quantitative estimate of drug-likeness (QED) is 0.873. The molecule has 2 rings (SSSR count). The number of aromatic nitrogens is 2. The van der Waals surface area contributed by atoms with Gasteiger partial charge in [0, 0.05) is 18.0 Å². The van der Waals surface area contributed by atoms with Crippen molar-refractivity contribution in [1.82, 2.24) is 9.97 Å². The molecule has 0 radical (unpaired) electrons. The molecule has 0 atom stereocenters. The van der Waals surface area contributed by atoms with Gasteiger partial charge in [-0.1, -0.05) is 24.3 Å². The van der Waals surface area contributed by atoms with Gasteiger partial charge in [-0.3, -0.25) is 0 Å². The van der Waals surface area contributed by atoms with Crippen LogP contribution in [0, 0.1) is 0 Å². The Hall–Kier alpha value is -2.36. The zero-order chi connectivity index (χ0) is 12.1. The molecule has 17 heavy (non-hydrogen) atoms. The average molecular weight is 227 g/mol. The van der Waals surface area contributed by atoms with Crippen LogP contribution in [0.4, 0.5) is 5.95 Å². The van der Waals surface area contributed by atoms with Crippen molar-refractivity contribution >= 4 is 18.1 Å². The van der Waals surface area contributed by atoms with Gasteiger partial charge in [0.05, 0.1) is 7.11 Å². The molecule has 4 nitrogen and oxygen atoms in total. The first-order chi connectivity index (χ1) is 8.28. The van der Waals surface area contributed by atoms with Crippen LogP contribution in [-0.4, -0.2) is 17.1 Å². The molecule has 1 heterocycles. The fourth-order valence-electron chi connectivity index (χ4n) is 1.34. The number of nitrogens with zero attached hydrogens (tertiary/aromatic N) is 2. The number of hydrogen-bond acceptors (Lipinski definition) is 4. The summed E-state index contributed by atoms with van der Waals surface area (Å²) in [5.74, 6) is 1.13. The molecule has 2 aromatic rings. The second kappa shape index (κ2) is 5.12. The smallest absolute Gasteiger partial charge is 0.219 e. The first-order valence-electron chi connectivity index (χ1n) is 5.17. The summed E-state index contributed by atoms with van der Waals surface area (Å²) in [5.41, 5.74) is 7.40. The fraction of sp³-hybridized carbons (Fsp3) is 0.0769. The van der Waals surface area contributed by atoms with Crippen LogP contribution >= 0.6 is 0 Å². The van der Waals surface area contributed by atoms with Gasteiger partial charge in [-0.15, -0.1) is 0 Å². The van der Waals surface area contributed by atoms with Gasteiger partial charge in [0.25, 0.3) is 0 Å². The largest absolute Gasteiger partial charge is 0.497 e. The van der Waals surface area contributed by atoms with E-state index in [-0.39, 0.29) is 5.95 Å². The number of rotatable bonds is 3. The third kappa shape index (κ3) is 3.04. The lowest BCUT2D eigenvalue weighted by Gasteiger charge is -1.99. The molecule has 0 amide bonds. The van der Waals surface area contributed by atoms with Crippen molar-refractivity contribution in [2.45, 2.75) is 0 Å². The van der Waals surface area contributed by atoms with E-state index in [4.69, 9.17) is 10.5 Å². The number of nitrogen functional groups attached to an aromatic ring is 1. The van der Waals surface area contributed by atoms with E-state index >= 15 is 0 Å². The summed E-state index contributed by atoms with van der Waals surface area (Å²) in [6, 6.07) is 7.79. The summed E-state index contributed by atoms with van der Waals surface area (Å²) >= 11 is 0. The Morgan fingerprint density at radius 2 is 1.59 bits per heavy atom. The molecule has 1 aromatic carbocycles. The number of nitrogens with two attached hydrogens (primary N) is 1. The van der Waals surface area contributed by atoms with Gasteiger partial charge in [0.1, 0.15) is 5.75 Å². The van der Waals surface area contributed by atoms with Gasteiger partial charge in [-0.2, -0.15) is 0 Å². The van der Waals surface area contributed by atoms with Gasteiger partial charge < -0.3 is 10.5 Å². The van der Waals surface area contributed by atoms with E-state index in [9.17, 15) is 0 Å². The van der Waals surface area contributed by atoms with Gasteiger partial charge in [-0.25, -0.2) is 9.97 Å². The molecule has 0 fully saturated rings. The van der Waals surface area contributed by atoms with Crippen molar-refractivity contribution in [3.63, 3.8) is 0 Å². The zero-order valence-electron chi connectivity index (χ0n) is 9.50. The molecule has 0 saturated carbocycles. The van der Waals surface area contributed by atoms with Crippen LogP contribution in [0.15, 0.2) is 36.7 Å². The average Bonchev–Trinajstić information content (AvgIpc) is 2.39. The summed E-state index contributed by atoms with van der Waals surface area (Å²) in [4.78, 5) is 7.83. The summed E-state index contributed by atoms with van der Waals surface area (Å²) in [6.07, 6.45) is 7.28. The van der Waals surface area contributed by atoms with E-state index in [1.165, 1.54) is 0 Å². The molecule has 0 saturated heterocycles. The number of benzene rings is 1. The normalized spacial score (nSPS) is 10.6. The summed E-state index contributed by atoms with van der Waals surface area (Å²) in [6.45, 7) is 0. The highest BCUT2D eigenvalue weighted by molar-refractivity contribution is 5.69. The molecule has 86 valence electrons. The maximum atomic E-state index is 5.41. The van der Waals surface area contributed by atoms with Crippen molar-refractivity contribution in [3.05, 3.63) is 47.8 Å². The lowest BCUT2D eigenvalue weighted by molar-refractivity contribution is 0.415. The molecular formula is C13H13N3O. The van der Waals surface area contributed by atoms with Gasteiger partial charge >= 0.3 is 0 Å². The van der Waals surface area contributed by atoms with Crippen LogP contribution in [0.1, 0.15) is 11.1 Å². The topological polar surface area (TPSA) is 61.0 Å². The third-order valence-corrected chi connectivity index (χ3v) is 2.28. The lowest BCUT2D eigenvalue weighted by Crippen LogP contribution is -1.92. The van der Waals surface area contributed by atoms with Crippen molar-refractivity contribution < 1.29 is 4.74 Å². The van der Waals surface area contributed by atoms with Crippen LogP contribution in [0.5, 0.6) is 5.75 Å². The summed E-state index contributed by atoms with van der Waals surface area (Å²) in [5, 5.41) is 0. The van der Waals surface area contributed by atoms with Crippen LogP contribution in [-0.2, 0) is 0 Å². The number of ether oxygens (including phenoxy) is 1. The van der Waals surface area contributed by atoms with E-state index in [2.05, 4.69) is 9.97 Å². The highest BCUT2D eigenvalue weighted by atomic mass is 16.5. The Morgan fingerprint density at radius 1 is 1.00 bits per heavy atom. The van der Waals surface area contributed by atoms with Crippen LogP contribution in [0.25, 0.3) is 12.2 Å². The summed E-state index contributed by atoms with van der Waals surface area (Å²) in [7, 11) is 1.65. The van der Waals surface area contributed by atoms with E-state index in [0.29, 0.717) is 0 Å². The minimum atomic E-state index is 0.284. The zero-order valence-corrected chi connectivity index (χ0v) is 9.50. The molecule has 0 aliphatic rings. The number of methoxy groups -OCH3 is 1. The molecule has 0 aliphatic heterocycles. The van der Waals surface area contributed by atoms with Crippen LogP contribution in [0.3, 0.4) is 0 Å². The Kier molecular flexibility index (Phi) is 3.35. The van der Waals surface area contributed by atoms with Crippen molar-refractivity contribution in [1.29, 1.82) is 0 Å². The SMILES string of the molecule is COc1ccc(C=Cc2cnc(N)nc2)cc1. The van der Waals surface area contributed by atoms with Gasteiger partial charge in [0.2, 0.25) is 5.95 Å². The van der Waals surface area contributed by atoms with Crippen LogP contribution < -0.4 is 10.5 Å². The molecule has 0 bridgehead atoms. The second-order valence-corrected chi connectivity index (χ2v) is 3.48. The first-order valence-corrected chi connectivity index (χ1v) is 5.17. The Labute approximate surface area is 99.8 Å². The van der Waals surface area contributed by atoms with Crippen molar-refractivity contribution in [2.24, 2.45) is 0 Å². The Bertz CT molecular complexity index is 503. The molecule has 1 aromatic heterocycles. The van der Waals surface area contributed by atoms with Crippen molar-refractivity contribution in [3.8, 4) is 5.75 Å². The van der Waals surface area contributed by atoms with E-state index in [0.717, 1.165) is 16.9 Å². The van der Waals surface area contributed by atoms with E-state index in [1.807, 2.05) is 36.4 Å². The third-order valence-electron chi connectivity index (χ3n) is 2.28. The van der Waals surface area contributed by atoms with E-state index in [1.54, 1.807) is 19.5 Å². The van der Waals surface area contributed by atoms with E-state index < -0.39 is 0 Å². The number of hydrogen-bond donors (Lipinski definition) is 1. The van der Waals surface area contributed by atoms with Gasteiger partial charge in [-0.05, 0) is 17.7 Å². The number of anilines is 1. The second-order valence-electron chi connectivity index (χ2n) is 3.48. The minimum Gasteiger partial charge on any atom is -0.497 e. The summed E-state index contributed by atoms with van der Waals surface area (Å²) < 4.78 is 5.09. The fourth-order valence-corrected chi connectivity index (χ4v) is 1.34. The monoisotopic (exact) mass is 227 g/mol. The first kappa shape index (κ1) is 11.1. The Balaban J connectivity index is 2.11. The predicted octanol–water partition coefficient (Wildman–Crippen LogP) is 2.24. The molecule has 0 unspecified atom stereocenters. The highest BCUT2D eigenvalue weighted by Crippen LogP contribution is 2.13. The highest BCUT2D eigenvalue weighted by Gasteiger charge is 1.92. The maximum absolute atomic E-state index is 5.41. The maximum Gasteiger partial charge on any atom is 0.219 e. The molecule has 2 N–H and O–H groups in total. The Morgan fingerprint density at radius 3 is 2.18 bits per heavy atom. The van der Waals surface area contributed by atoms with Gasteiger partial charge in [0.15, 0.2) is 0 Å². The van der Waals surface area contributed by atoms with Crippen LogP contribution in [0.2, 0.25) is 0 Å². The molecule has 0 aliphatic carbocycles. The standard InChI is InChI=1S/C13H13N3O/c1-17-12-6-4-10(5-7-12)2-3-11-8-15-13(14)16-9-11/h2-9H,1H3,(H2,14,15,16). The molecular weight excluding hydrogens is 214 g/mol.